The van der Waals surface area contributed by atoms with Crippen molar-refractivity contribution in [2.75, 3.05) is 24.2 Å². The van der Waals surface area contributed by atoms with E-state index in [1.165, 1.54) is 17.8 Å². The van der Waals surface area contributed by atoms with Crippen molar-refractivity contribution in [3.05, 3.63) is 60.4 Å². The summed E-state index contributed by atoms with van der Waals surface area (Å²) in [6, 6.07) is 15.9. The summed E-state index contributed by atoms with van der Waals surface area (Å²) in [7, 11) is 0. The van der Waals surface area contributed by atoms with Crippen LogP contribution < -0.4 is 5.32 Å². The van der Waals surface area contributed by atoms with E-state index in [9.17, 15) is 9.18 Å². The van der Waals surface area contributed by atoms with Gasteiger partial charge in [-0.05, 0) is 37.1 Å². The Morgan fingerprint density at radius 2 is 1.76 bits per heavy atom. The van der Waals surface area contributed by atoms with E-state index in [0.29, 0.717) is 0 Å². The van der Waals surface area contributed by atoms with Crippen LogP contribution in [0.4, 0.5) is 15.8 Å². The summed E-state index contributed by atoms with van der Waals surface area (Å²) >= 11 is 1.39. The first-order chi connectivity index (χ1) is 12.2. The first kappa shape index (κ1) is 17.5. The molecule has 1 amide bonds. The zero-order valence-corrected chi connectivity index (χ0v) is 14.6. The standard InChI is InChI=1S/C19H20FN3OS/c20-16-10-4-5-11-17(16)22-18(24)14-25-19(23-12-6-7-13-23)21-15-8-2-1-3-9-15/h1-5,8-11H,6-7,12-14H2,(H,22,24). The predicted octanol–water partition coefficient (Wildman–Crippen LogP) is 4.28. The molecule has 1 aliphatic heterocycles. The number of anilines is 1. The Labute approximate surface area is 151 Å². The minimum absolute atomic E-state index is 0.191. The van der Waals surface area contributed by atoms with E-state index >= 15 is 0 Å². The van der Waals surface area contributed by atoms with Crippen LogP contribution in [0.2, 0.25) is 0 Å². The van der Waals surface area contributed by atoms with E-state index < -0.39 is 5.82 Å². The maximum atomic E-state index is 13.6. The minimum atomic E-state index is -0.432. The van der Waals surface area contributed by atoms with Crippen LogP contribution in [0.1, 0.15) is 12.8 Å². The number of thioether (sulfide) groups is 1. The van der Waals surface area contributed by atoms with Crippen LogP contribution in [-0.4, -0.2) is 34.8 Å². The normalized spacial score (nSPS) is 14.6. The van der Waals surface area contributed by atoms with Gasteiger partial charge >= 0.3 is 0 Å². The van der Waals surface area contributed by atoms with Gasteiger partial charge in [0, 0.05) is 13.1 Å². The van der Waals surface area contributed by atoms with Crippen molar-refractivity contribution in [1.82, 2.24) is 4.90 Å². The molecule has 4 nitrogen and oxygen atoms in total. The third-order valence-electron chi connectivity index (χ3n) is 3.84. The van der Waals surface area contributed by atoms with Crippen molar-refractivity contribution >= 4 is 34.2 Å². The zero-order chi connectivity index (χ0) is 17.5. The fraction of sp³-hybridized carbons (Fsp3) is 0.263. The van der Waals surface area contributed by atoms with Crippen molar-refractivity contribution in [2.24, 2.45) is 4.99 Å². The van der Waals surface area contributed by atoms with Crippen LogP contribution >= 0.6 is 11.8 Å². The Bertz CT molecular complexity index is 745. The van der Waals surface area contributed by atoms with E-state index in [4.69, 9.17) is 0 Å². The van der Waals surface area contributed by atoms with Crippen LogP contribution in [0, 0.1) is 5.82 Å². The summed E-state index contributed by atoms with van der Waals surface area (Å²) in [6.45, 7) is 1.90. The molecule has 2 aromatic rings. The molecule has 1 saturated heterocycles. The van der Waals surface area contributed by atoms with Gasteiger partial charge in [-0.1, -0.05) is 42.1 Å². The van der Waals surface area contributed by atoms with E-state index in [0.717, 1.165) is 36.8 Å². The van der Waals surface area contributed by atoms with Crippen LogP contribution in [0.3, 0.4) is 0 Å². The van der Waals surface area contributed by atoms with Crippen molar-refractivity contribution in [1.29, 1.82) is 0 Å². The lowest BCUT2D eigenvalue weighted by Crippen LogP contribution is -2.27. The van der Waals surface area contributed by atoms with Gasteiger partial charge in [-0.3, -0.25) is 4.79 Å². The Balaban J connectivity index is 1.65. The molecule has 0 aliphatic carbocycles. The van der Waals surface area contributed by atoms with E-state index in [1.807, 2.05) is 30.3 Å². The summed E-state index contributed by atoms with van der Waals surface area (Å²) in [5, 5.41) is 3.45. The number of aliphatic imine (C=N–C) groups is 1. The number of nitrogens with one attached hydrogen (secondary N) is 1. The predicted molar refractivity (Wildman–Crippen MR) is 102 cm³/mol. The molecule has 0 bridgehead atoms. The Kier molecular flexibility index (Phi) is 6.06. The molecular formula is C19H20FN3OS. The van der Waals surface area contributed by atoms with Crippen LogP contribution in [0.5, 0.6) is 0 Å². The summed E-state index contributed by atoms with van der Waals surface area (Å²) in [6.07, 6.45) is 2.27. The highest BCUT2D eigenvalue weighted by Crippen LogP contribution is 2.21. The van der Waals surface area contributed by atoms with Gasteiger partial charge in [0.25, 0.3) is 0 Å². The second-order valence-electron chi connectivity index (χ2n) is 5.74. The highest BCUT2D eigenvalue weighted by molar-refractivity contribution is 8.14. The highest BCUT2D eigenvalue weighted by atomic mass is 32.2. The van der Waals surface area contributed by atoms with E-state index in [1.54, 1.807) is 18.2 Å². The van der Waals surface area contributed by atoms with Crippen LogP contribution in [0.25, 0.3) is 0 Å². The third kappa shape index (κ3) is 5.06. The number of benzene rings is 2. The molecule has 130 valence electrons. The number of hydrogen-bond acceptors (Lipinski definition) is 3. The van der Waals surface area contributed by atoms with Crippen molar-refractivity contribution in [3.63, 3.8) is 0 Å². The number of amides is 1. The first-order valence-electron chi connectivity index (χ1n) is 8.28. The van der Waals surface area contributed by atoms with Gasteiger partial charge < -0.3 is 10.2 Å². The number of carbonyl (C=O) groups is 1. The lowest BCUT2D eigenvalue weighted by atomic mass is 10.3. The lowest BCUT2D eigenvalue weighted by Gasteiger charge is -2.19. The topological polar surface area (TPSA) is 44.7 Å². The number of halogens is 1. The molecule has 1 fully saturated rings. The van der Waals surface area contributed by atoms with Crippen molar-refractivity contribution < 1.29 is 9.18 Å². The second-order valence-corrected chi connectivity index (χ2v) is 6.68. The fourth-order valence-electron chi connectivity index (χ4n) is 2.59. The number of hydrogen-bond donors (Lipinski definition) is 1. The molecule has 0 saturated carbocycles. The van der Waals surface area contributed by atoms with Crippen LogP contribution in [0.15, 0.2) is 59.6 Å². The molecule has 0 atom stereocenters. The van der Waals surface area contributed by atoms with Gasteiger partial charge in [0.1, 0.15) is 5.82 Å². The highest BCUT2D eigenvalue weighted by Gasteiger charge is 2.18. The average molecular weight is 357 g/mol. The number of amidine groups is 1. The van der Waals surface area contributed by atoms with Gasteiger partial charge in [0.05, 0.1) is 17.1 Å². The van der Waals surface area contributed by atoms with Crippen molar-refractivity contribution in [3.8, 4) is 0 Å². The molecule has 0 spiro atoms. The molecule has 2 aromatic carbocycles. The fourth-order valence-corrected chi connectivity index (χ4v) is 3.46. The number of para-hydroxylation sites is 2. The van der Waals surface area contributed by atoms with E-state index in [2.05, 4.69) is 15.2 Å². The number of nitrogens with zero attached hydrogens (tertiary/aromatic N) is 2. The molecular weight excluding hydrogens is 337 g/mol. The third-order valence-corrected chi connectivity index (χ3v) is 4.85. The molecule has 3 rings (SSSR count). The van der Waals surface area contributed by atoms with Crippen molar-refractivity contribution in [2.45, 2.75) is 12.8 Å². The molecule has 1 aliphatic rings. The summed E-state index contributed by atoms with van der Waals surface area (Å²) < 4.78 is 13.6. The SMILES string of the molecule is O=C(CSC(=Nc1ccccc1)N1CCCC1)Nc1ccccc1F. The number of likely N-dealkylation sites (tertiary alicyclic amines) is 1. The largest absolute Gasteiger partial charge is 0.351 e. The number of rotatable bonds is 4. The summed E-state index contributed by atoms with van der Waals surface area (Å²) in [5.41, 5.74) is 1.07. The molecule has 1 heterocycles. The first-order valence-corrected chi connectivity index (χ1v) is 9.27. The van der Waals surface area contributed by atoms with Gasteiger partial charge in [-0.2, -0.15) is 0 Å². The molecule has 0 radical (unpaired) electrons. The average Bonchev–Trinajstić information content (AvgIpc) is 3.16. The minimum Gasteiger partial charge on any atom is -0.351 e. The maximum Gasteiger partial charge on any atom is 0.234 e. The van der Waals surface area contributed by atoms with Gasteiger partial charge in [-0.15, -0.1) is 0 Å². The molecule has 0 unspecified atom stereocenters. The quantitative estimate of drug-likeness (QED) is 0.656. The zero-order valence-electron chi connectivity index (χ0n) is 13.8. The Hall–Kier alpha value is -2.34. The van der Waals surface area contributed by atoms with Gasteiger partial charge in [-0.25, -0.2) is 9.38 Å². The lowest BCUT2D eigenvalue weighted by molar-refractivity contribution is -0.113. The maximum absolute atomic E-state index is 13.6. The molecule has 0 aromatic heterocycles. The smallest absolute Gasteiger partial charge is 0.234 e. The monoisotopic (exact) mass is 357 g/mol. The van der Waals surface area contributed by atoms with E-state index in [-0.39, 0.29) is 17.3 Å². The van der Waals surface area contributed by atoms with Gasteiger partial charge in [0.15, 0.2) is 5.17 Å². The summed E-state index contributed by atoms with van der Waals surface area (Å²) in [5.74, 6) is -0.482. The molecule has 6 heteroatoms. The second kappa shape index (κ2) is 8.67. The number of carbonyl (C=O) groups excluding carboxylic acids is 1. The Morgan fingerprint density at radius 3 is 2.48 bits per heavy atom. The van der Waals surface area contributed by atoms with Crippen LogP contribution in [-0.2, 0) is 4.79 Å². The summed E-state index contributed by atoms with van der Waals surface area (Å²) in [4.78, 5) is 19.1. The molecule has 1 N–H and O–H groups in total. The molecule has 25 heavy (non-hydrogen) atoms. The Morgan fingerprint density at radius 1 is 1.08 bits per heavy atom. The van der Waals surface area contributed by atoms with Gasteiger partial charge in [0.2, 0.25) is 5.91 Å².